The van der Waals surface area contributed by atoms with Gasteiger partial charge in [0, 0.05) is 12.3 Å². The van der Waals surface area contributed by atoms with Crippen molar-refractivity contribution in [2.45, 2.75) is 173 Å². The van der Waals surface area contributed by atoms with Gasteiger partial charge in [-0.2, -0.15) is 0 Å². The van der Waals surface area contributed by atoms with Crippen molar-refractivity contribution in [3.8, 4) is 0 Å². The topological polar surface area (TPSA) is 348 Å². The van der Waals surface area contributed by atoms with Crippen LogP contribution in [0.5, 0.6) is 0 Å². The second-order valence-corrected chi connectivity index (χ2v) is 15.4. The van der Waals surface area contributed by atoms with Crippen LogP contribution >= 0.6 is 0 Å². The van der Waals surface area contributed by atoms with Gasteiger partial charge in [0.15, 0.2) is 18.9 Å². The fourth-order valence-electron chi connectivity index (χ4n) is 8.72. The highest BCUT2D eigenvalue weighted by Gasteiger charge is 2.55. The zero-order valence-corrected chi connectivity index (χ0v) is 29.3. The first-order valence-corrected chi connectivity index (χ1v) is 18.6. The summed E-state index contributed by atoms with van der Waals surface area (Å²) >= 11 is 0. The third-order valence-corrected chi connectivity index (χ3v) is 11.9. The first-order chi connectivity index (χ1) is 25.7. The largest absolute Gasteiger partial charge is 0.394 e. The molecule has 2 saturated carbocycles. The molecule has 314 valence electrons. The number of ether oxygens (including phenoxy) is 7. The summed E-state index contributed by atoms with van der Waals surface area (Å²) < 4.78 is 41.8. The highest BCUT2D eigenvalue weighted by molar-refractivity contribution is 5.01. The third-order valence-electron chi connectivity index (χ3n) is 11.9. The van der Waals surface area contributed by atoms with E-state index in [0.717, 1.165) is 0 Å². The molecule has 6 aliphatic rings. The first kappa shape index (κ1) is 42.8. The molecule has 24 atom stereocenters. The maximum absolute atomic E-state index is 11.0. The van der Waals surface area contributed by atoms with Gasteiger partial charge in [0.25, 0.3) is 0 Å². The lowest BCUT2D eigenvalue weighted by atomic mass is 9.72. The van der Waals surface area contributed by atoms with Gasteiger partial charge in [0.1, 0.15) is 73.2 Å². The van der Waals surface area contributed by atoms with E-state index in [9.17, 15) is 71.5 Å². The lowest BCUT2D eigenvalue weighted by Gasteiger charge is -2.53. The normalized spacial score (nSPS) is 54.6. The van der Waals surface area contributed by atoms with Crippen LogP contribution in [0.2, 0.25) is 0 Å². The van der Waals surface area contributed by atoms with Crippen molar-refractivity contribution < 1.29 is 105 Å². The fourth-order valence-corrected chi connectivity index (χ4v) is 8.72. The summed E-state index contributed by atoms with van der Waals surface area (Å²) in [5.41, 5.74) is 0. The number of fused-ring (bicyclic) bond motifs is 1. The van der Waals surface area contributed by atoms with E-state index in [1.165, 1.54) is 0 Å². The summed E-state index contributed by atoms with van der Waals surface area (Å²) in [6.07, 6.45) is -29.7. The second-order valence-electron chi connectivity index (χ2n) is 15.4. The smallest absolute Gasteiger partial charge is 0.187 e. The van der Waals surface area contributed by atoms with Crippen LogP contribution in [0.4, 0.5) is 0 Å². The molecular weight excluding hydrogens is 732 g/mol. The molecule has 21 nitrogen and oxygen atoms in total. The Labute approximate surface area is 309 Å². The molecule has 6 fully saturated rings. The quantitative estimate of drug-likeness (QED) is 0.0977. The van der Waals surface area contributed by atoms with E-state index in [1.54, 1.807) is 0 Å². The Morgan fingerprint density at radius 3 is 1.33 bits per heavy atom. The fraction of sp³-hybridized carbons (Fsp3) is 1.00. The average Bonchev–Trinajstić information content (AvgIpc) is 3.16. The van der Waals surface area contributed by atoms with Gasteiger partial charge >= 0.3 is 0 Å². The number of hydrogen-bond donors (Lipinski definition) is 14. The van der Waals surface area contributed by atoms with Crippen LogP contribution in [0, 0.1) is 11.8 Å². The summed E-state index contributed by atoms with van der Waals surface area (Å²) in [7, 11) is 0. The van der Waals surface area contributed by atoms with Gasteiger partial charge in [-0.05, 0) is 38.0 Å². The van der Waals surface area contributed by atoms with Crippen LogP contribution in [-0.2, 0) is 33.2 Å². The van der Waals surface area contributed by atoms with Crippen molar-refractivity contribution in [1.29, 1.82) is 0 Å². The molecule has 14 N–H and O–H groups in total. The zero-order valence-electron chi connectivity index (χ0n) is 29.3. The Kier molecular flexibility index (Phi) is 14.2. The number of aliphatic hydroxyl groups excluding tert-OH is 14. The summed E-state index contributed by atoms with van der Waals surface area (Å²) in [5, 5.41) is 145. The van der Waals surface area contributed by atoms with Gasteiger partial charge in [-0.3, -0.25) is 0 Å². The third kappa shape index (κ3) is 8.63. The Morgan fingerprint density at radius 2 is 0.870 bits per heavy atom. The van der Waals surface area contributed by atoms with E-state index in [1.807, 2.05) is 0 Å². The Balaban J connectivity index is 1.24. The molecule has 0 aromatic heterocycles. The minimum atomic E-state index is -1.77. The lowest BCUT2D eigenvalue weighted by Crippen LogP contribution is -2.63. The molecule has 54 heavy (non-hydrogen) atoms. The number of hydrogen-bond acceptors (Lipinski definition) is 21. The minimum Gasteiger partial charge on any atom is -0.394 e. The molecule has 24 unspecified atom stereocenters. The van der Waals surface area contributed by atoms with E-state index < -0.39 is 167 Å². The summed E-state index contributed by atoms with van der Waals surface area (Å²) in [6, 6.07) is 0. The molecule has 0 aromatic rings. The summed E-state index contributed by atoms with van der Waals surface area (Å²) in [4.78, 5) is 0. The van der Waals surface area contributed by atoms with Gasteiger partial charge in [-0.15, -0.1) is 0 Å². The van der Waals surface area contributed by atoms with Gasteiger partial charge < -0.3 is 105 Å². The molecule has 6 rings (SSSR count). The van der Waals surface area contributed by atoms with Gasteiger partial charge in [0.2, 0.25) is 0 Å². The van der Waals surface area contributed by atoms with Gasteiger partial charge in [-0.25, -0.2) is 0 Å². The SMILES string of the molecule is OCC1OC(OC2CC(C3OC4CC(O)CC(OC5OC(CO)C(O)C(O)C5O)C4CC3OC3OC(CO)C(O)C(O)C3O)CCC2O)C(O)C(O)C1O. The molecule has 2 aliphatic carbocycles. The first-order valence-electron chi connectivity index (χ1n) is 18.6. The molecule has 4 saturated heterocycles. The Morgan fingerprint density at radius 1 is 0.426 bits per heavy atom. The van der Waals surface area contributed by atoms with Crippen LogP contribution < -0.4 is 0 Å². The summed E-state index contributed by atoms with van der Waals surface area (Å²) in [5.74, 6) is -1.11. The zero-order chi connectivity index (χ0) is 39.2. The van der Waals surface area contributed by atoms with E-state index in [0.29, 0.717) is 6.42 Å². The predicted molar refractivity (Wildman–Crippen MR) is 171 cm³/mol. The van der Waals surface area contributed by atoms with Crippen LogP contribution in [0.3, 0.4) is 0 Å². The summed E-state index contributed by atoms with van der Waals surface area (Å²) in [6.45, 7) is -2.10. The predicted octanol–water partition coefficient (Wildman–Crippen LogP) is -7.37. The highest BCUT2D eigenvalue weighted by atomic mass is 16.7. The molecular formula is C33H56O21. The molecule has 21 heteroatoms. The van der Waals surface area contributed by atoms with E-state index >= 15 is 0 Å². The van der Waals surface area contributed by atoms with Crippen LogP contribution in [0.25, 0.3) is 0 Å². The Hall–Kier alpha value is -0.840. The van der Waals surface area contributed by atoms with Gasteiger partial charge in [0.05, 0.1) is 62.5 Å². The molecule has 0 bridgehead atoms. The van der Waals surface area contributed by atoms with Crippen molar-refractivity contribution in [3.63, 3.8) is 0 Å². The molecule has 4 aliphatic heterocycles. The lowest BCUT2D eigenvalue weighted by molar-refractivity contribution is -0.346. The van der Waals surface area contributed by atoms with Crippen molar-refractivity contribution in [2.75, 3.05) is 19.8 Å². The van der Waals surface area contributed by atoms with Crippen molar-refractivity contribution in [3.05, 3.63) is 0 Å². The van der Waals surface area contributed by atoms with Crippen LogP contribution in [-0.4, -0.2) is 226 Å². The van der Waals surface area contributed by atoms with Crippen molar-refractivity contribution >= 4 is 0 Å². The molecule has 0 spiro atoms. The molecule has 4 heterocycles. The molecule has 0 aromatic carbocycles. The van der Waals surface area contributed by atoms with E-state index in [2.05, 4.69) is 0 Å². The highest BCUT2D eigenvalue weighted by Crippen LogP contribution is 2.45. The van der Waals surface area contributed by atoms with Crippen LogP contribution in [0.15, 0.2) is 0 Å². The van der Waals surface area contributed by atoms with Crippen LogP contribution in [0.1, 0.15) is 38.5 Å². The van der Waals surface area contributed by atoms with Gasteiger partial charge in [-0.1, -0.05) is 0 Å². The maximum Gasteiger partial charge on any atom is 0.187 e. The van der Waals surface area contributed by atoms with E-state index in [-0.39, 0.29) is 32.1 Å². The average molecular weight is 789 g/mol. The number of rotatable bonds is 10. The second kappa shape index (κ2) is 18.0. The van der Waals surface area contributed by atoms with Crippen molar-refractivity contribution in [1.82, 2.24) is 0 Å². The molecule has 0 amide bonds. The molecule has 0 radical (unpaired) electrons. The standard InChI is InChI=1S/C33H56O21/c34-7-18-21(39)24(42)27(45)31(52-18)49-15-5-11(37)4-14-12(15)6-17(51-33-29(47)26(44)23(41)20(9-36)54-33)30(48-14)10-1-2-13(38)16(3-10)50-32-28(46)25(43)22(40)19(8-35)53-32/h10-47H,1-9H2. The minimum absolute atomic E-state index is 0.0155. The Bertz CT molecular complexity index is 1180. The maximum atomic E-state index is 11.0. The van der Waals surface area contributed by atoms with E-state index in [4.69, 9.17) is 33.2 Å². The monoisotopic (exact) mass is 788 g/mol. The number of aliphatic hydroxyl groups is 14. The van der Waals surface area contributed by atoms with Crippen molar-refractivity contribution in [2.24, 2.45) is 11.8 Å².